The third-order valence-corrected chi connectivity index (χ3v) is 6.48. The van der Waals surface area contributed by atoms with Crippen molar-refractivity contribution in [2.24, 2.45) is 0 Å². The number of hydrogen-bond acceptors (Lipinski definition) is 4. The summed E-state index contributed by atoms with van der Waals surface area (Å²) in [6.07, 6.45) is 4.18. The summed E-state index contributed by atoms with van der Waals surface area (Å²) in [4.78, 5) is 17.8. The van der Waals surface area contributed by atoms with Crippen LogP contribution < -0.4 is 10.6 Å². The first kappa shape index (κ1) is 24.0. The first-order chi connectivity index (χ1) is 17.4. The number of nitrogens with one attached hydrogen (secondary N) is 2. The molecule has 182 valence electrons. The second-order valence-electron chi connectivity index (χ2n) is 8.42. The molecule has 1 aliphatic heterocycles. The van der Waals surface area contributed by atoms with Crippen LogP contribution in [0.2, 0.25) is 10.0 Å². The van der Waals surface area contributed by atoms with Crippen molar-refractivity contribution in [1.29, 1.82) is 0 Å². The summed E-state index contributed by atoms with van der Waals surface area (Å²) in [7, 11) is 0. The molecule has 2 aromatic heterocycles. The minimum Gasteiger partial charge on any atom is -0.383 e. The lowest BCUT2D eigenvalue weighted by atomic mass is 10.0. The maximum Gasteiger partial charge on any atom is 0.272 e. The molecule has 36 heavy (non-hydrogen) atoms. The molecule has 1 unspecified atom stereocenters. The van der Waals surface area contributed by atoms with Crippen LogP contribution in [0.25, 0.3) is 17.5 Å². The van der Waals surface area contributed by atoms with E-state index in [1.54, 1.807) is 41.2 Å². The molecule has 1 aliphatic rings. The SMILES string of the molecule is CC(NC(=O)c1nn(-c2ccc(Cl)cc2Cl)c2c1CCN/C2=C\c1ccc(F)cc1)c1ccccn1. The highest BCUT2D eigenvalue weighted by Crippen LogP contribution is 2.33. The number of pyridine rings is 1. The first-order valence-electron chi connectivity index (χ1n) is 11.4. The fourth-order valence-corrected chi connectivity index (χ4v) is 4.68. The van der Waals surface area contributed by atoms with Crippen molar-refractivity contribution < 1.29 is 9.18 Å². The Hall–Kier alpha value is -3.68. The summed E-state index contributed by atoms with van der Waals surface area (Å²) in [5.74, 6) is -0.621. The zero-order valence-corrected chi connectivity index (χ0v) is 20.8. The van der Waals surface area contributed by atoms with Gasteiger partial charge in [-0.25, -0.2) is 9.07 Å². The van der Waals surface area contributed by atoms with Gasteiger partial charge in [-0.15, -0.1) is 0 Å². The molecule has 9 heteroatoms. The number of halogens is 3. The number of carbonyl (C=O) groups excluding carboxylic acids is 1. The van der Waals surface area contributed by atoms with Gasteiger partial charge in [-0.3, -0.25) is 9.78 Å². The number of rotatable bonds is 5. The zero-order valence-electron chi connectivity index (χ0n) is 19.3. The molecular formula is C27H22Cl2FN5O. The predicted molar refractivity (Wildman–Crippen MR) is 140 cm³/mol. The van der Waals surface area contributed by atoms with Crippen molar-refractivity contribution in [3.05, 3.63) is 111 Å². The van der Waals surface area contributed by atoms with E-state index in [0.717, 1.165) is 22.5 Å². The van der Waals surface area contributed by atoms with Crippen LogP contribution in [0.1, 0.15) is 46.0 Å². The summed E-state index contributed by atoms with van der Waals surface area (Å²) in [5, 5.41) is 12.0. The van der Waals surface area contributed by atoms with Gasteiger partial charge in [0.15, 0.2) is 5.69 Å². The standard InChI is InChI=1S/C27H22Cl2FN5O/c1-16(22-4-2-3-12-31-22)33-27(36)25-20-11-13-32-23(14-17-5-8-19(30)9-6-17)26(20)35(34-25)24-10-7-18(28)15-21(24)29/h2-10,12,14-16,32H,11,13H2,1H3,(H,33,36)/b23-14-. The number of aromatic nitrogens is 3. The van der Waals surface area contributed by atoms with E-state index in [2.05, 4.69) is 15.6 Å². The highest BCUT2D eigenvalue weighted by atomic mass is 35.5. The van der Waals surface area contributed by atoms with Gasteiger partial charge in [0.25, 0.3) is 5.91 Å². The summed E-state index contributed by atoms with van der Waals surface area (Å²) in [5.41, 5.74) is 4.70. The summed E-state index contributed by atoms with van der Waals surface area (Å²) in [6.45, 7) is 2.48. The van der Waals surface area contributed by atoms with Crippen molar-refractivity contribution in [3.63, 3.8) is 0 Å². The molecule has 1 atom stereocenters. The van der Waals surface area contributed by atoms with E-state index in [-0.39, 0.29) is 17.8 Å². The van der Waals surface area contributed by atoms with Crippen molar-refractivity contribution in [2.45, 2.75) is 19.4 Å². The fourth-order valence-electron chi connectivity index (χ4n) is 4.20. The Morgan fingerprint density at radius 1 is 1.17 bits per heavy atom. The van der Waals surface area contributed by atoms with Crippen molar-refractivity contribution in [2.75, 3.05) is 6.54 Å². The third-order valence-electron chi connectivity index (χ3n) is 5.94. The molecule has 1 amide bonds. The summed E-state index contributed by atoms with van der Waals surface area (Å²) >= 11 is 12.7. The molecule has 5 rings (SSSR count). The van der Waals surface area contributed by atoms with E-state index in [1.807, 2.05) is 31.2 Å². The summed E-state index contributed by atoms with van der Waals surface area (Å²) < 4.78 is 15.1. The van der Waals surface area contributed by atoms with E-state index < -0.39 is 0 Å². The van der Waals surface area contributed by atoms with Gasteiger partial charge in [-0.05, 0) is 67.4 Å². The lowest BCUT2D eigenvalue weighted by Gasteiger charge is -2.21. The highest BCUT2D eigenvalue weighted by Gasteiger charge is 2.29. The molecule has 0 radical (unpaired) electrons. The van der Waals surface area contributed by atoms with Crippen molar-refractivity contribution in [3.8, 4) is 5.69 Å². The molecule has 2 aromatic carbocycles. The molecule has 0 saturated heterocycles. The number of fused-ring (bicyclic) bond motifs is 1. The average Bonchev–Trinajstić information content (AvgIpc) is 3.26. The molecule has 3 heterocycles. The van der Waals surface area contributed by atoms with Gasteiger partial charge in [-0.1, -0.05) is 41.4 Å². The van der Waals surface area contributed by atoms with Crippen molar-refractivity contribution in [1.82, 2.24) is 25.4 Å². The maximum atomic E-state index is 13.5. The number of hydrogen-bond donors (Lipinski definition) is 2. The van der Waals surface area contributed by atoms with Crippen LogP contribution in [0.4, 0.5) is 4.39 Å². The Bertz CT molecular complexity index is 1450. The van der Waals surface area contributed by atoms with Gasteiger partial charge in [0.1, 0.15) is 5.82 Å². The predicted octanol–water partition coefficient (Wildman–Crippen LogP) is 5.85. The molecule has 2 N–H and O–H groups in total. The van der Waals surface area contributed by atoms with Crippen LogP contribution in [-0.4, -0.2) is 27.2 Å². The average molecular weight is 522 g/mol. The van der Waals surface area contributed by atoms with E-state index in [0.29, 0.717) is 40.1 Å². The van der Waals surface area contributed by atoms with Crippen LogP contribution in [0.3, 0.4) is 0 Å². The normalized spacial score (nSPS) is 14.7. The molecule has 0 aliphatic carbocycles. The minimum absolute atomic E-state index is 0.309. The van der Waals surface area contributed by atoms with Crippen LogP contribution in [0, 0.1) is 5.82 Å². The molecule has 0 spiro atoms. The van der Waals surface area contributed by atoms with E-state index in [1.165, 1.54) is 12.1 Å². The smallest absolute Gasteiger partial charge is 0.272 e. The lowest BCUT2D eigenvalue weighted by molar-refractivity contribution is 0.0932. The van der Waals surface area contributed by atoms with Crippen LogP contribution in [0.5, 0.6) is 0 Å². The Kier molecular flexibility index (Phi) is 6.76. The monoisotopic (exact) mass is 521 g/mol. The van der Waals surface area contributed by atoms with E-state index >= 15 is 0 Å². The van der Waals surface area contributed by atoms with Crippen LogP contribution >= 0.6 is 23.2 Å². The van der Waals surface area contributed by atoms with Crippen LogP contribution in [-0.2, 0) is 6.42 Å². The molecule has 4 aromatic rings. The van der Waals surface area contributed by atoms with Crippen LogP contribution in [0.15, 0.2) is 66.9 Å². The third kappa shape index (κ3) is 4.85. The first-order valence-corrected chi connectivity index (χ1v) is 12.2. The molecule has 0 bridgehead atoms. The Labute approximate surface area is 217 Å². The maximum absolute atomic E-state index is 13.5. The highest BCUT2D eigenvalue weighted by molar-refractivity contribution is 6.35. The van der Waals surface area contributed by atoms with Crippen molar-refractivity contribution >= 4 is 40.9 Å². The quantitative estimate of drug-likeness (QED) is 0.345. The van der Waals surface area contributed by atoms with Gasteiger partial charge >= 0.3 is 0 Å². The topological polar surface area (TPSA) is 71.8 Å². The minimum atomic E-state index is -0.312. The Morgan fingerprint density at radius 3 is 2.69 bits per heavy atom. The zero-order chi connectivity index (χ0) is 25.2. The van der Waals surface area contributed by atoms with E-state index in [4.69, 9.17) is 28.3 Å². The second kappa shape index (κ2) is 10.1. The molecule has 0 fully saturated rings. The largest absolute Gasteiger partial charge is 0.383 e. The van der Waals surface area contributed by atoms with Gasteiger partial charge < -0.3 is 10.6 Å². The van der Waals surface area contributed by atoms with Gasteiger partial charge in [0, 0.05) is 23.3 Å². The Morgan fingerprint density at radius 2 is 1.97 bits per heavy atom. The number of nitrogens with zero attached hydrogens (tertiary/aromatic N) is 3. The Balaban J connectivity index is 1.61. The van der Waals surface area contributed by atoms with Gasteiger partial charge in [0.2, 0.25) is 0 Å². The summed E-state index contributed by atoms with van der Waals surface area (Å²) in [6, 6.07) is 16.6. The second-order valence-corrected chi connectivity index (χ2v) is 9.26. The molecule has 0 saturated carbocycles. The van der Waals surface area contributed by atoms with E-state index in [9.17, 15) is 9.18 Å². The fraction of sp³-hybridized carbons (Fsp3) is 0.148. The molecular weight excluding hydrogens is 500 g/mol. The number of amides is 1. The number of carbonyl (C=O) groups is 1. The lowest BCUT2D eigenvalue weighted by Crippen LogP contribution is -2.29. The number of benzene rings is 2. The van der Waals surface area contributed by atoms with Gasteiger partial charge in [-0.2, -0.15) is 5.10 Å². The molecule has 6 nitrogen and oxygen atoms in total. The van der Waals surface area contributed by atoms with Gasteiger partial charge in [0.05, 0.1) is 33.8 Å².